The van der Waals surface area contributed by atoms with Gasteiger partial charge in [-0.1, -0.05) is 0 Å². The number of hydrogen-bond acceptors (Lipinski definition) is 4. The van der Waals surface area contributed by atoms with E-state index in [1.807, 2.05) is 0 Å². The van der Waals surface area contributed by atoms with Gasteiger partial charge >= 0.3 is 6.09 Å². The Kier molecular flexibility index (Phi) is 4.26. The van der Waals surface area contributed by atoms with Gasteiger partial charge in [0.15, 0.2) is 0 Å². The topological polar surface area (TPSA) is 81.7 Å². The predicted molar refractivity (Wildman–Crippen MR) is 59.5 cm³/mol. The number of piperazine rings is 1. The van der Waals surface area contributed by atoms with E-state index in [1.54, 1.807) is 6.92 Å². The van der Waals surface area contributed by atoms with Gasteiger partial charge < -0.3 is 20.5 Å². The molecule has 1 amide bonds. The van der Waals surface area contributed by atoms with Crippen LogP contribution in [0, 0.1) is 0 Å². The van der Waals surface area contributed by atoms with Crippen LogP contribution >= 0.6 is 0 Å². The summed E-state index contributed by atoms with van der Waals surface area (Å²) in [4.78, 5) is 23.6. The van der Waals surface area contributed by atoms with Gasteiger partial charge in [-0.15, -0.1) is 0 Å². The van der Waals surface area contributed by atoms with E-state index in [2.05, 4.69) is 22.5 Å². The summed E-state index contributed by atoms with van der Waals surface area (Å²) in [6.45, 7) is 6.59. The van der Waals surface area contributed by atoms with Crippen molar-refractivity contribution in [1.29, 1.82) is 0 Å². The van der Waals surface area contributed by atoms with Gasteiger partial charge in [-0.3, -0.25) is 4.90 Å². The smallest absolute Gasteiger partial charge is 0.405 e. The number of carboxylic acid groups (broad SMARTS) is 1. The van der Waals surface area contributed by atoms with Crippen molar-refractivity contribution in [3.05, 3.63) is 0 Å². The first-order chi connectivity index (χ1) is 7.45. The Morgan fingerprint density at radius 2 is 2.44 bits per heavy atom. The maximum Gasteiger partial charge on any atom is 0.405 e. The number of nitrogens with one attached hydrogen (secondary N) is 2. The number of aldehydes is 1. The van der Waals surface area contributed by atoms with Gasteiger partial charge in [-0.05, 0) is 13.8 Å². The highest BCUT2D eigenvalue weighted by molar-refractivity contribution is 5.74. The van der Waals surface area contributed by atoms with E-state index in [1.165, 1.54) is 0 Å². The molecule has 0 spiro atoms. The molecular weight excluding hydrogens is 210 g/mol. The number of nitrogens with zero attached hydrogens (tertiary/aromatic N) is 1. The van der Waals surface area contributed by atoms with E-state index < -0.39 is 11.6 Å². The third kappa shape index (κ3) is 3.79. The SMILES string of the molecule is C[C@@H]1CN(C[C@@](C)(C=O)NC(=O)O)CCN1. The Morgan fingerprint density at radius 3 is 2.94 bits per heavy atom. The molecule has 1 fully saturated rings. The van der Waals surface area contributed by atoms with Gasteiger partial charge in [0.1, 0.15) is 11.8 Å². The fraction of sp³-hybridized carbons (Fsp3) is 0.800. The average molecular weight is 229 g/mol. The molecule has 0 aromatic heterocycles. The van der Waals surface area contributed by atoms with Crippen molar-refractivity contribution in [3.63, 3.8) is 0 Å². The Labute approximate surface area is 95.0 Å². The molecule has 1 saturated heterocycles. The Balaban J connectivity index is 2.54. The molecular formula is C10H19N3O3. The summed E-state index contributed by atoms with van der Waals surface area (Å²) in [6.07, 6.45) is -0.508. The molecule has 1 aliphatic heterocycles. The molecule has 0 aromatic carbocycles. The quantitative estimate of drug-likeness (QED) is 0.566. The molecule has 0 bridgehead atoms. The van der Waals surface area contributed by atoms with Crippen molar-refractivity contribution in [3.8, 4) is 0 Å². The first kappa shape index (κ1) is 12.9. The number of amides is 1. The van der Waals surface area contributed by atoms with E-state index in [4.69, 9.17) is 5.11 Å². The van der Waals surface area contributed by atoms with Crippen molar-refractivity contribution in [2.24, 2.45) is 0 Å². The highest BCUT2D eigenvalue weighted by atomic mass is 16.4. The maximum atomic E-state index is 10.9. The minimum Gasteiger partial charge on any atom is -0.465 e. The first-order valence-corrected chi connectivity index (χ1v) is 5.38. The predicted octanol–water partition coefficient (Wildman–Crippen LogP) is -0.495. The van der Waals surface area contributed by atoms with Crippen LogP contribution < -0.4 is 10.6 Å². The van der Waals surface area contributed by atoms with Crippen molar-refractivity contribution in [1.82, 2.24) is 15.5 Å². The van der Waals surface area contributed by atoms with Gasteiger partial charge in [-0.2, -0.15) is 0 Å². The molecule has 16 heavy (non-hydrogen) atoms. The second kappa shape index (κ2) is 5.27. The Bertz CT molecular complexity index is 272. The minimum atomic E-state index is -1.17. The summed E-state index contributed by atoms with van der Waals surface area (Å²) >= 11 is 0. The summed E-state index contributed by atoms with van der Waals surface area (Å²) in [5.74, 6) is 0. The fourth-order valence-electron chi connectivity index (χ4n) is 1.97. The van der Waals surface area contributed by atoms with Crippen LogP contribution in [-0.2, 0) is 4.79 Å². The van der Waals surface area contributed by atoms with Crippen molar-refractivity contribution in [2.45, 2.75) is 25.4 Å². The Hall–Kier alpha value is -1.14. The number of carbonyl (C=O) groups is 2. The van der Waals surface area contributed by atoms with Crippen molar-refractivity contribution in [2.75, 3.05) is 26.2 Å². The lowest BCUT2D eigenvalue weighted by Crippen LogP contribution is -2.59. The van der Waals surface area contributed by atoms with Crippen LogP contribution in [0.5, 0.6) is 0 Å². The van der Waals surface area contributed by atoms with E-state index in [-0.39, 0.29) is 0 Å². The third-order valence-electron chi connectivity index (χ3n) is 2.66. The molecule has 0 saturated carbocycles. The first-order valence-electron chi connectivity index (χ1n) is 5.38. The summed E-state index contributed by atoms with van der Waals surface area (Å²) in [5, 5.41) is 14.2. The lowest BCUT2D eigenvalue weighted by Gasteiger charge is -2.36. The summed E-state index contributed by atoms with van der Waals surface area (Å²) < 4.78 is 0. The monoisotopic (exact) mass is 229 g/mol. The molecule has 3 N–H and O–H groups in total. The molecule has 0 unspecified atom stereocenters. The average Bonchev–Trinajstić information content (AvgIpc) is 2.16. The third-order valence-corrected chi connectivity index (χ3v) is 2.66. The second-order valence-corrected chi connectivity index (χ2v) is 4.56. The van der Waals surface area contributed by atoms with Crippen molar-refractivity contribution < 1.29 is 14.7 Å². The number of hydrogen-bond donors (Lipinski definition) is 3. The molecule has 0 aromatic rings. The summed E-state index contributed by atoms with van der Waals surface area (Å²) in [5.41, 5.74) is -1.02. The Morgan fingerprint density at radius 1 is 1.75 bits per heavy atom. The van der Waals surface area contributed by atoms with Crippen LogP contribution in [0.4, 0.5) is 4.79 Å². The highest BCUT2D eigenvalue weighted by Gasteiger charge is 2.30. The van der Waals surface area contributed by atoms with Gasteiger partial charge in [-0.25, -0.2) is 4.79 Å². The van der Waals surface area contributed by atoms with Crippen molar-refractivity contribution >= 4 is 12.4 Å². The molecule has 1 aliphatic rings. The van der Waals surface area contributed by atoms with Crippen LogP contribution in [0.1, 0.15) is 13.8 Å². The van der Waals surface area contributed by atoms with Gasteiger partial charge in [0.25, 0.3) is 0 Å². The number of carbonyl (C=O) groups excluding carboxylic acids is 1. The lowest BCUT2D eigenvalue weighted by atomic mass is 10.0. The van der Waals surface area contributed by atoms with Crippen LogP contribution in [-0.4, -0.2) is 60.1 Å². The van der Waals surface area contributed by atoms with Crippen LogP contribution in [0.2, 0.25) is 0 Å². The zero-order valence-electron chi connectivity index (χ0n) is 9.69. The van der Waals surface area contributed by atoms with Crippen LogP contribution in [0.25, 0.3) is 0 Å². The van der Waals surface area contributed by atoms with Crippen LogP contribution in [0.15, 0.2) is 0 Å². The zero-order chi connectivity index (χ0) is 12.2. The largest absolute Gasteiger partial charge is 0.465 e. The van der Waals surface area contributed by atoms with E-state index in [9.17, 15) is 9.59 Å². The molecule has 1 heterocycles. The zero-order valence-corrected chi connectivity index (χ0v) is 9.69. The minimum absolute atomic E-state index is 0.370. The molecule has 2 atom stereocenters. The maximum absolute atomic E-state index is 10.9. The molecule has 6 nitrogen and oxygen atoms in total. The number of rotatable bonds is 4. The summed E-state index contributed by atoms with van der Waals surface area (Å²) in [7, 11) is 0. The lowest BCUT2D eigenvalue weighted by molar-refractivity contribution is -0.113. The fourth-order valence-corrected chi connectivity index (χ4v) is 1.97. The van der Waals surface area contributed by atoms with Crippen LogP contribution in [0.3, 0.4) is 0 Å². The highest BCUT2D eigenvalue weighted by Crippen LogP contribution is 2.07. The van der Waals surface area contributed by atoms with Gasteiger partial charge in [0.2, 0.25) is 0 Å². The molecule has 1 rings (SSSR count). The van der Waals surface area contributed by atoms with Gasteiger partial charge in [0.05, 0.1) is 0 Å². The van der Waals surface area contributed by atoms with E-state index in [0.29, 0.717) is 18.9 Å². The molecule has 6 heteroatoms. The standard InChI is InChI=1S/C10H19N3O3/c1-8-5-13(4-3-11-8)6-10(2,7-14)12-9(15)16/h7-8,11-12H,3-6H2,1-2H3,(H,15,16)/t8-,10+/m1/s1. The molecule has 0 radical (unpaired) electrons. The normalized spacial score (nSPS) is 25.8. The molecule has 92 valence electrons. The van der Waals surface area contributed by atoms with Gasteiger partial charge in [0, 0.05) is 32.2 Å². The second-order valence-electron chi connectivity index (χ2n) is 4.56. The summed E-state index contributed by atoms with van der Waals surface area (Å²) in [6, 6.07) is 0.370. The van der Waals surface area contributed by atoms with E-state index >= 15 is 0 Å². The molecule has 0 aliphatic carbocycles. The van der Waals surface area contributed by atoms with E-state index in [0.717, 1.165) is 19.6 Å².